The maximum Gasteiger partial charge on any atom is -0.0188 e. The van der Waals surface area contributed by atoms with E-state index in [0.29, 0.717) is 0 Å². The summed E-state index contributed by atoms with van der Waals surface area (Å²) in [6.45, 7) is 4.49. The normalized spacial score (nSPS) is 17.1. The van der Waals surface area contributed by atoms with Crippen LogP contribution in [-0.4, -0.2) is 0 Å². The zero-order chi connectivity index (χ0) is 13.5. The van der Waals surface area contributed by atoms with Crippen LogP contribution in [0.25, 0.3) is 0 Å². The third-order valence-corrected chi connectivity index (χ3v) is 3.92. The molecule has 100 valence electrons. The Morgan fingerprint density at radius 2 is 1.63 bits per heavy atom. The van der Waals surface area contributed by atoms with Gasteiger partial charge in [-0.15, -0.1) is 0 Å². The first-order valence-corrected chi connectivity index (χ1v) is 7.43. The second-order valence-corrected chi connectivity index (χ2v) is 5.33. The van der Waals surface area contributed by atoms with E-state index in [2.05, 4.69) is 62.4 Å². The van der Waals surface area contributed by atoms with E-state index in [9.17, 15) is 0 Å². The summed E-state index contributed by atoms with van der Waals surface area (Å²) in [5.41, 5.74) is 4.57. The van der Waals surface area contributed by atoms with Crippen LogP contribution in [0.4, 0.5) is 0 Å². The molecule has 0 heteroatoms. The van der Waals surface area contributed by atoms with Gasteiger partial charge in [-0.25, -0.2) is 0 Å². The Morgan fingerprint density at radius 3 is 2.26 bits per heavy atom. The van der Waals surface area contributed by atoms with E-state index in [-0.39, 0.29) is 0 Å². The van der Waals surface area contributed by atoms with Crippen LogP contribution in [0.3, 0.4) is 0 Å². The molecule has 0 radical (unpaired) electrons. The zero-order valence-corrected chi connectivity index (χ0v) is 12.1. The van der Waals surface area contributed by atoms with Crippen LogP contribution >= 0.6 is 0 Å². The molecule has 1 aliphatic carbocycles. The molecule has 3 rings (SSSR count). The summed E-state index contributed by atoms with van der Waals surface area (Å²) in [7, 11) is 0. The first-order valence-electron chi connectivity index (χ1n) is 7.43. The Labute approximate surface area is 117 Å². The lowest BCUT2D eigenvalue weighted by Gasteiger charge is -2.21. The Bertz CT molecular complexity index is 484. The lowest BCUT2D eigenvalue weighted by atomic mass is 9.84. The monoisotopic (exact) mass is 252 g/mol. The molecule has 19 heavy (non-hydrogen) atoms. The minimum Gasteiger partial charge on any atom is -0.0622 e. The first kappa shape index (κ1) is 13.9. The van der Waals surface area contributed by atoms with Gasteiger partial charge < -0.3 is 0 Å². The molecule has 0 nitrogen and oxygen atoms in total. The third-order valence-electron chi connectivity index (χ3n) is 3.92. The fourth-order valence-corrected chi connectivity index (χ4v) is 2.71. The van der Waals surface area contributed by atoms with Gasteiger partial charge in [-0.1, -0.05) is 68.4 Å². The number of hydrogen-bond donors (Lipinski definition) is 0. The lowest BCUT2D eigenvalue weighted by Crippen LogP contribution is -2.05. The highest BCUT2D eigenvalue weighted by Gasteiger charge is 2.14. The Morgan fingerprint density at radius 1 is 0.947 bits per heavy atom. The average Bonchev–Trinajstić information content (AvgIpc) is 2.49. The number of rotatable bonds is 1. The molecule has 0 aromatic heterocycles. The first-order chi connectivity index (χ1) is 9.31. The van der Waals surface area contributed by atoms with Crippen molar-refractivity contribution in [2.75, 3.05) is 0 Å². The Hall–Kier alpha value is -1.56. The van der Waals surface area contributed by atoms with Crippen LogP contribution in [0.2, 0.25) is 0 Å². The molecule has 0 fully saturated rings. The van der Waals surface area contributed by atoms with Crippen LogP contribution in [0, 0.1) is 0 Å². The molecule has 1 atom stereocenters. The van der Waals surface area contributed by atoms with E-state index in [0.717, 1.165) is 12.3 Å². The summed E-state index contributed by atoms with van der Waals surface area (Å²) in [5.74, 6) is 0.792. The van der Waals surface area contributed by atoms with Gasteiger partial charge in [-0.3, -0.25) is 0 Å². The van der Waals surface area contributed by atoms with Gasteiger partial charge in [0.2, 0.25) is 0 Å². The van der Waals surface area contributed by atoms with Crippen molar-refractivity contribution in [2.45, 2.75) is 45.4 Å². The topological polar surface area (TPSA) is 0 Å². The van der Waals surface area contributed by atoms with Crippen LogP contribution in [0.1, 0.15) is 49.3 Å². The molecule has 2 aromatic carbocycles. The van der Waals surface area contributed by atoms with E-state index in [1.807, 2.05) is 6.07 Å². The molecule has 2 aromatic rings. The van der Waals surface area contributed by atoms with Crippen molar-refractivity contribution < 1.29 is 0 Å². The molecule has 0 N–H and O–H groups in total. The van der Waals surface area contributed by atoms with E-state index in [1.165, 1.54) is 24.8 Å². The van der Waals surface area contributed by atoms with E-state index in [4.69, 9.17) is 0 Å². The molecular weight excluding hydrogens is 228 g/mol. The Kier molecular flexibility index (Phi) is 5.20. The van der Waals surface area contributed by atoms with Crippen molar-refractivity contribution in [2.24, 2.45) is 0 Å². The fourth-order valence-electron chi connectivity index (χ4n) is 2.71. The second-order valence-electron chi connectivity index (χ2n) is 5.33. The van der Waals surface area contributed by atoms with Gasteiger partial charge in [0, 0.05) is 0 Å². The van der Waals surface area contributed by atoms with E-state index < -0.39 is 0 Å². The van der Waals surface area contributed by atoms with Crippen molar-refractivity contribution in [3.63, 3.8) is 0 Å². The minimum absolute atomic E-state index is 0.792. The average molecular weight is 252 g/mol. The molecule has 0 heterocycles. The minimum atomic E-state index is 0.792. The highest BCUT2D eigenvalue weighted by molar-refractivity contribution is 5.31. The summed E-state index contributed by atoms with van der Waals surface area (Å²) in [4.78, 5) is 0. The van der Waals surface area contributed by atoms with E-state index >= 15 is 0 Å². The summed E-state index contributed by atoms with van der Waals surface area (Å²) < 4.78 is 0. The van der Waals surface area contributed by atoms with Crippen molar-refractivity contribution in [1.29, 1.82) is 0 Å². The van der Waals surface area contributed by atoms with Crippen molar-refractivity contribution in [1.82, 2.24) is 0 Å². The molecular formula is C19H24. The van der Waals surface area contributed by atoms with E-state index in [1.54, 1.807) is 11.1 Å². The van der Waals surface area contributed by atoms with Crippen molar-refractivity contribution >= 4 is 0 Å². The maximum atomic E-state index is 2.33. The number of aryl methyl sites for hydroxylation is 2. The van der Waals surface area contributed by atoms with Gasteiger partial charge >= 0.3 is 0 Å². The summed E-state index contributed by atoms with van der Waals surface area (Å²) >= 11 is 0. The van der Waals surface area contributed by atoms with Gasteiger partial charge in [0.15, 0.2) is 0 Å². The predicted octanol–water partition coefficient (Wildman–Crippen LogP) is 5.38. The summed E-state index contributed by atoms with van der Waals surface area (Å²) in [5, 5.41) is 0. The van der Waals surface area contributed by atoms with Crippen molar-refractivity contribution in [3.05, 3.63) is 71.3 Å². The fraction of sp³-hybridized carbons (Fsp3) is 0.368. The molecule has 0 aliphatic heterocycles. The highest BCUT2D eigenvalue weighted by Crippen LogP contribution is 2.30. The number of benzene rings is 2. The van der Waals surface area contributed by atoms with Gasteiger partial charge in [0.05, 0.1) is 0 Å². The third kappa shape index (κ3) is 3.96. The molecule has 0 saturated carbocycles. The molecule has 0 spiro atoms. The van der Waals surface area contributed by atoms with Gasteiger partial charge in [-0.05, 0) is 48.3 Å². The van der Waals surface area contributed by atoms with Crippen LogP contribution < -0.4 is 0 Å². The molecule has 0 bridgehead atoms. The molecule has 0 saturated heterocycles. The SMILES string of the molecule is CC1CCCc2ccccc21.CCc1ccccc1. The molecule has 1 aliphatic rings. The van der Waals surface area contributed by atoms with Crippen LogP contribution in [0.15, 0.2) is 54.6 Å². The standard InChI is InChI=1S/C11H14.C8H10/c1-9-5-4-7-10-6-2-3-8-11(9)10;1-2-8-6-4-3-5-7-8/h2-3,6,8-9H,4-5,7H2,1H3;3-7H,2H2,1H3. The summed E-state index contributed by atoms with van der Waals surface area (Å²) in [6.07, 6.45) is 5.18. The summed E-state index contributed by atoms with van der Waals surface area (Å²) in [6, 6.07) is 19.3. The lowest BCUT2D eigenvalue weighted by molar-refractivity contribution is 0.590. The quantitative estimate of drug-likeness (QED) is 0.639. The van der Waals surface area contributed by atoms with Gasteiger partial charge in [0.25, 0.3) is 0 Å². The largest absolute Gasteiger partial charge is 0.0622 e. The second kappa shape index (κ2) is 7.13. The maximum absolute atomic E-state index is 2.33. The van der Waals surface area contributed by atoms with Gasteiger partial charge in [-0.2, -0.15) is 0 Å². The molecule has 1 unspecified atom stereocenters. The number of hydrogen-bond acceptors (Lipinski definition) is 0. The van der Waals surface area contributed by atoms with Gasteiger partial charge in [0.1, 0.15) is 0 Å². The van der Waals surface area contributed by atoms with Crippen LogP contribution in [0.5, 0.6) is 0 Å². The number of fused-ring (bicyclic) bond motifs is 1. The van der Waals surface area contributed by atoms with Crippen LogP contribution in [-0.2, 0) is 12.8 Å². The smallest absolute Gasteiger partial charge is 0.0188 e. The highest BCUT2D eigenvalue weighted by atomic mass is 14.2. The van der Waals surface area contributed by atoms with Crippen molar-refractivity contribution in [3.8, 4) is 0 Å². The zero-order valence-electron chi connectivity index (χ0n) is 12.1. The molecule has 0 amide bonds. The predicted molar refractivity (Wildman–Crippen MR) is 83.6 cm³/mol. The Balaban J connectivity index is 0.000000148.